The molecule has 4 rings (SSSR count). The number of furan rings is 1. The molecule has 8 heteroatoms. The SMILES string of the molecule is Cc1occc1C(=O)Nc1nc(CC(=O)N2CCC[C@H]2c2ccc(F)cc2)cs1. The molecule has 0 aliphatic carbocycles. The number of anilines is 1. The predicted octanol–water partition coefficient (Wildman–Crippen LogP) is 4.34. The standard InChI is InChI=1S/C21H20FN3O3S/c1-13-17(8-10-28-13)20(27)24-21-23-16(12-29-21)11-19(26)25-9-2-3-18(25)14-4-6-15(22)7-5-14/h4-8,10,12,18H,2-3,9,11H2,1H3,(H,23,24,27)/t18-/m0/s1. The highest BCUT2D eigenvalue weighted by molar-refractivity contribution is 7.14. The highest BCUT2D eigenvalue weighted by atomic mass is 32.1. The normalized spacial score (nSPS) is 16.2. The molecular formula is C21H20FN3O3S. The number of carbonyl (C=O) groups excluding carboxylic acids is 2. The number of amides is 2. The molecule has 0 radical (unpaired) electrons. The second kappa shape index (κ2) is 8.16. The monoisotopic (exact) mass is 413 g/mol. The molecule has 0 bridgehead atoms. The Kier molecular flexibility index (Phi) is 5.44. The largest absolute Gasteiger partial charge is 0.469 e. The zero-order chi connectivity index (χ0) is 20.4. The van der Waals surface area contributed by atoms with Crippen LogP contribution in [0.2, 0.25) is 0 Å². The lowest BCUT2D eigenvalue weighted by molar-refractivity contribution is -0.131. The molecule has 0 saturated carbocycles. The van der Waals surface area contributed by atoms with Gasteiger partial charge in [-0.1, -0.05) is 12.1 Å². The Hall–Kier alpha value is -3.00. The van der Waals surface area contributed by atoms with Crippen LogP contribution in [0.15, 0.2) is 46.4 Å². The third-order valence-corrected chi connectivity index (χ3v) is 5.84. The number of nitrogens with zero attached hydrogens (tertiary/aromatic N) is 2. The highest BCUT2D eigenvalue weighted by Gasteiger charge is 2.30. The summed E-state index contributed by atoms with van der Waals surface area (Å²) in [5.74, 6) is -0.0623. The maximum absolute atomic E-state index is 13.2. The Morgan fingerprint density at radius 1 is 1.31 bits per heavy atom. The van der Waals surface area contributed by atoms with Gasteiger partial charge in [0.05, 0.1) is 30.0 Å². The lowest BCUT2D eigenvalue weighted by atomic mass is 10.0. The summed E-state index contributed by atoms with van der Waals surface area (Å²) in [6, 6.07) is 7.89. The first kappa shape index (κ1) is 19.3. The van der Waals surface area contributed by atoms with Gasteiger partial charge in [0.1, 0.15) is 11.6 Å². The fraction of sp³-hybridized carbons (Fsp3) is 0.286. The zero-order valence-corrected chi connectivity index (χ0v) is 16.7. The van der Waals surface area contributed by atoms with E-state index >= 15 is 0 Å². The number of aryl methyl sites for hydroxylation is 1. The average molecular weight is 413 g/mol. The van der Waals surface area contributed by atoms with Crippen molar-refractivity contribution in [3.63, 3.8) is 0 Å². The fourth-order valence-corrected chi connectivity index (χ4v) is 4.29. The van der Waals surface area contributed by atoms with Crippen LogP contribution in [-0.4, -0.2) is 28.2 Å². The van der Waals surface area contributed by atoms with E-state index in [4.69, 9.17) is 4.42 Å². The summed E-state index contributed by atoms with van der Waals surface area (Å²) in [6.45, 7) is 2.39. The van der Waals surface area contributed by atoms with E-state index in [1.807, 2.05) is 4.90 Å². The molecule has 3 heterocycles. The third kappa shape index (κ3) is 4.22. The molecule has 2 aromatic heterocycles. The number of benzene rings is 1. The van der Waals surface area contributed by atoms with E-state index in [9.17, 15) is 14.0 Å². The zero-order valence-electron chi connectivity index (χ0n) is 15.9. The summed E-state index contributed by atoms with van der Waals surface area (Å²) in [7, 11) is 0. The van der Waals surface area contributed by atoms with Crippen LogP contribution >= 0.6 is 11.3 Å². The van der Waals surface area contributed by atoms with Gasteiger partial charge in [0.25, 0.3) is 5.91 Å². The quantitative estimate of drug-likeness (QED) is 0.675. The van der Waals surface area contributed by atoms with Gasteiger partial charge in [-0.15, -0.1) is 11.3 Å². The molecule has 1 atom stereocenters. The van der Waals surface area contributed by atoms with E-state index in [-0.39, 0.29) is 30.1 Å². The Morgan fingerprint density at radius 3 is 2.83 bits per heavy atom. The second-order valence-electron chi connectivity index (χ2n) is 6.96. The van der Waals surface area contributed by atoms with E-state index < -0.39 is 0 Å². The Bertz CT molecular complexity index is 1030. The topological polar surface area (TPSA) is 75.4 Å². The number of hydrogen-bond donors (Lipinski definition) is 1. The first-order valence-electron chi connectivity index (χ1n) is 9.36. The average Bonchev–Trinajstić information content (AvgIpc) is 3.43. The number of aromatic nitrogens is 1. The number of carbonyl (C=O) groups is 2. The summed E-state index contributed by atoms with van der Waals surface area (Å²) >= 11 is 1.28. The number of nitrogens with one attached hydrogen (secondary N) is 1. The van der Waals surface area contributed by atoms with Crippen molar-refractivity contribution < 1.29 is 18.4 Å². The lowest BCUT2D eigenvalue weighted by Gasteiger charge is -2.25. The Labute approximate surface area is 171 Å². The van der Waals surface area contributed by atoms with Gasteiger partial charge < -0.3 is 9.32 Å². The molecule has 0 unspecified atom stereocenters. The van der Waals surface area contributed by atoms with Gasteiger partial charge in [-0.05, 0) is 43.5 Å². The first-order valence-corrected chi connectivity index (χ1v) is 10.2. The van der Waals surface area contributed by atoms with Crippen LogP contribution in [0.1, 0.15) is 46.3 Å². The minimum Gasteiger partial charge on any atom is -0.469 e. The van der Waals surface area contributed by atoms with Crippen molar-refractivity contribution in [1.82, 2.24) is 9.88 Å². The van der Waals surface area contributed by atoms with Crippen molar-refractivity contribution in [3.05, 3.63) is 70.4 Å². The summed E-state index contributed by atoms with van der Waals surface area (Å²) in [5, 5.41) is 4.95. The van der Waals surface area contributed by atoms with Crippen molar-refractivity contribution >= 4 is 28.3 Å². The lowest BCUT2D eigenvalue weighted by Crippen LogP contribution is -2.31. The number of halogens is 1. The maximum atomic E-state index is 13.2. The molecule has 2 amide bonds. The van der Waals surface area contributed by atoms with E-state index in [0.717, 1.165) is 18.4 Å². The molecular weight excluding hydrogens is 393 g/mol. The fourth-order valence-electron chi connectivity index (χ4n) is 3.58. The van der Waals surface area contributed by atoms with E-state index in [0.29, 0.717) is 28.7 Å². The number of hydrogen-bond acceptors (Lipinski definition) is 5. The van der Waals surface area contributed by atoms with Crippen LogP contribution in [0.5, 0.6) is 0 Å². The van der Waals surface area contributed by atoms with Crippen LogP contribution in [0.4, 0.5) is 9.52 Å². The summed E-state index contributed by atoms with van der Waals surface area (Å²) < 4.78 is 18.3. The van der Waals surface area contributed by atoms with Gasteiger partial charge >= 0.3 is 0 Å². The van der Waals surface area contributed by atoms with Crippen LogP contribution in [-0.2, 0) is 11.2 Å². The van der Waals surface area contributed by atoms with Gasteiger partial charge in [0.2, 0.25) is 5.91 Å². The second-order valence-corrected chi connectivity index (χ2v) is 7.82. The Morgan fingerprint density at radius 2 is 2.10 bits per heavy atom. The number of thiazole rings is 1. The third-order valence-electron chi connectivity index (χ3n) is 5.04. The van der Waals surface area contributed by atoms with E-state index in [1.165, 1.54) is 29.7 Å². The van der Waals surface area contributed by atoms with Crippen molar-refractivity contribution in [2.24, 2.45) is 0 Å². The van der Waals surface area contributed by atoms with Crippen LogP contribution in [0, 0.1) is 12.7 Å². The Balaban J connectivity index is 1.40. The molecule has 1 aliphatic heterocycles. The van der Waals surface area contributed by atoms with Crippen molar-refractivity contribution in [3.8, 4) is 0 Å². The summed E-state index contributed by atoms with van der Waals surface area (Å²) in [5.41, 5.74) is 2.01. The van der Waals surface area contributed by atoms with E-state index in [1.54, 1.807) is 30.5 Å². The molecule has 150 valence electrons. The van der Waals surface area contributed by atoms with Crippen LogP contribution in [0.3, 0.4) is 0 Å². The molecule has 0 spiro atoms. The van der Waals surface area contributed by atoms with Gasteiger partial charge in [0.15, 0.2) is 5.13 Å². The van der Waals surface area contributed by atoms with Gasteiger partial charge in [-0.3, -0.25) is 14.9 Å². The maximum Gasteiger partial charge on any atom is 0.260 e. The predicted molar refractivity (Wildman–Crippen MR) is 107 cm³/mol. The highest BCUT2D eigenvalue weighted by Crippen LogP contribution is 2.32. The number of rotatable bonds is 5. The number of likely N-dealkylation sites (tertiary alicyclic amines) is 1. The van der Waals surface area contributed by atoms with Crippen LogP contribution in [0.25, 0.3) is 0 Å². The summed E-state index contributed by atoms with van der Waals surface area (Å²) in [4.78, 5) is 31.3. The molecule has 1 aromatic carbocycles. The smallest absolute Gasteiger partial charge is 0.260 e. The molecule has 1 fully saturated rings. The van der Waals surface area contributed by atoms with Gasteiger partial charge in [-0.25, -0.2) is 9.37 Å². The molecule has 6 nitrogen and oxygen atoms in total. The van der Waals surface area contributed by atoms with Crippen molar-refractivity contribution in [2.45, 2.75) is 32.2 Å². The summed E-state index contributed by atoms with van der Waals surface area (Å²) in [6.07, 6.45) is 3.40. The molecule has 1 aliphatic rings. The van der Waals surface area contributed by atoms with E-state index in [2.05, 4.69) is 10.3 Å². The van der Waals surface area contributed by atoms with Crippen molar-refractivity contribution in [1.29, 1.82) is 0 Å². The van der Waals surface area contributed by atoms with Gasteiger partial charge in [-0.2, -0.15) is 0 Å². The van der Waals surface area contributed by atoms with Crippen molar-refractivity contribution in [2.75, 3.05) is 11.9 Å². The molecule has 1 saturated heterocycles. The van der Waals surface area contributed by atoms with Crippen LogP contribution < -0.4 is 5.32 Å². The molecule has 1 N–H and O–H groups in total. The minimum atomic E-state index is -0.292. The minimum absolute atomic E-state index is 0.0225. The first-order chi connectivity index (χ1) is 14.0. The van der Waals surface area contributed by atoms with Gasteiger partial charge in [0, 0.05) is 11.9 Å². The molecule has 3 aromatic rings. The molecule has 29 heavy (non-hydrogen) atoms.